The van der Waals surface area contributed by atoms with Gasteiger partial charge in [0.05, 0.1) is 11.6 Å². The van der Waals surface area contributed by atoms with Crippen LogP contribution in [0.2, 0.25) is 10.0 Å². The lowest BCUT2D eigenvalue weighted by Gasteiger charge is -2.43. The van der Waals surface area contributed by atoms with Crippen LogP contribution in [0.5, 0.6) is 5.75 Å². The van der Waals surface area contributed by atoms with E-state index in [4.69, 9.17) is 27.9 Å². The van der Waals surface area contributed by atoms with Crippen LogP contribution in [0.25, 0.3) is 0 Å². The van der Waals surface area contributed by atoms with Gasteiger partial charge in [0.15, 0.2) is 0 Å². The normalized spacial score (nSPS) is 22.2. The van der Waals surface area contributed by atoms with Crippen molar-refractivity contribution >= 4 is 39.1 Å². The second-order valence-corrected chi connectivity index (χ2v) is 12.2. The molecule has 1 unspecified atom stereocenters. The summed E-state index contributed by atoms with van der Waals surface area (Å²) in [6, 6.07) is 13.8. The number of hydrogen-bond donors (Lipinski definition) is 0. The smallest absolute Gasteiger partial charge is 0.244 e. The first-order chi connectivity index (χ1) is 16.7. The van der Waals surface area contributed by atoms with E-state index in [1.54, 1.807) is 6.07 Å². The van der Waals surface area contributed by atoms with Gasteiger partial charge in [0.2, 0.25) is 15.9 Å². The van der Waals surface area contributed by atoms with Gasteiger partial charge >= 0.3 is 0 Å². The van der Waals surface area contributed by atoms with E-state index < -0.39 is 15.4 Å². The van der Waals surface area contributed by atoms with E-state index >= 15 is 0 Å². The van der Waals surface area contributed by atoms with Crippen molar-refractivity contribution in [1.29, 1.82) is 0 Å². The topological polar surface area (TPSA) is 70.2 Å². The lowest BCUT2D eigenvalue weighted by Crippen LogP contribution is -2.53. The van der Waals surface area contributed by atoms with Gasteiger partial charge in [0, 0.05) is 56.1 Å². The standard InChI is InChI=1S/C25H31Cl2N3O4S/c1-28-12-14-29(15-13-28)24(31)17-25(19-34-21-6-3-2-4-7-21)10-5-11-30(18-25)35(32,33)23-16-20(26)8-9-22(23)27/h2-4,6-9,16H,5,10-15,17-19H2,1H3. The third-order valence-electron chi connectivity index (χ3n) is 6.81. The summed E-state index contributed by atoms with van der Waals surface area (Å²) in [4.78, 5) is 17.4. The van der Waals surface area contributed by atoms with Crippen LogP contribution >= 0.6 is 23.2 Å². The molecular weight excluding hydrogens is 509 g/mol. The molecule has 1 amide bonds. The zero-order valence-corrected chi connectivity index (χ0v) is 22.2. The third kappa shape index (κ3) is 6.30. The highest BCUT2D eigenvalue weighted by molar-refractivity contribution is 7.89. The number of rotatable bonds is 7. The summed E-state index contributed by atoms with van der Waals surface area (Å²) in [5.41, 5.74) is -0.660. The van der Waals surface area contributed by atoms with Crippen molar-refractivity contribution in [3.63, 3.8) is 0 Å². The fourth-order valence-electron chi connectivity index (χ4n) is 4.74. The molecule has 0 radical (unpaired) electrons. The van der Waals surface area contributed by atoms with E-state index in [2.05, 4.69) is 4.90 Å². The summed E-state index contributed by atoms with van der Waals surface area (Å²) in [6.07, 6.45) is 1.53. The zero-order valence-electron chi connectivity index (χ0n) is 19.8. The average Bonchev–Trinajstić information content (AvgIpc) is 2.85. The van der Waals surface area contributed by atoms with E-state index in [1.807, 2.05) is 42.3 Å². The summed E-state index contributed by atoms with van der Waals surface area (Å²) in [5, 5.41) is 0.425. The highest BCUT2D eigenvalue weighted by atomic mass is 35.5. The van der Waals surface area contributed by atoms with Gasteiger partial charge in [-0.25, -0.2) is 8.42 Å². The quantitative estimate of drug-likeness (QED) is 0.531. The Bertz CT molecular complexity index is 1140. The Morgan fingerprint density at radius 2 is 1.74 bits per heavy atom. The van der Waals surface area contributed by atoms with Crippen molar-refractivity contribution in [1.82, 2.24) is 14.1 Å². The molecule has 35 heavy (non-hydrogen) atoms. The van der Waals surface area contributed by atoms with Gasteiger partial charge in [-0.15, -0.1) is 0 Å². The number of sulfonamides is 1. The van der Waals surface area contributed by atoms with E-state index in [-0.39, 0.29) is 35.4 Å². The maximum atomic E-state index is 13.6. The fourth-order valence-corrected chi connectivity index (χ4v) is 7.07. The Balaban J connectivity index is 1.59. The number of carbonyl (C=O) groups is 1. The van der Waals surface area contributed by atoms with Gasteiger partial charge in [-0.2, -0.15) is 4.31 Å². The minimum absolute atomic E-state index is 0.0168. The number of para-hydroxylation sites is 1. The first-order valence-corrected chi connectivity index (χ1v) is 14.0. The van der Waals surface area contributed by atoms with Crippen LogP contribution in [0.1, 0.15) is 19.3 Å². The number of amides is 1. The second-order valence-electron chi connectivity index (χ2n) is 9.48. The Morgan fingerprint density at radius 1 is 1.03 bits per heavy atom. The number of nitrogens with zero attached hydrogens (tertiary/aromatic N) is 3. The molecule has 2 aliphatic heterocycles. The molecule has 0 saturated carbocycles. The maximum Gasteiger partial charge on any atom is 0.244 e. The first-order valence-electron chi connectivity index (χ1n) is 11.8. The highest BCUT2D eigenvalue weighted by Gasteiger charge is 2.43. The second kappa shape index (κ2) is 11.0. The van der Waals surface area contributed by atoms with Crippen molar-refractivity contribution in [2.45, 2.75) is 24.2 Å². The summed E-state index contributed by atoms with van der Waals surface area (Å²) < 4.78 is 34.7. The molecule has 190 valence electrons. The molecule has 0 N–H and O–H groups in total. The molecule has 2 aliphatic rings. The van der Waals surface area contributed by atoms with Crippen molar-refractivity contribution in [2.24, 2.45) is 5.41 Å². The van der Waals surface area contributed by atoms with Gasteiger partial charge in [0.1, 0.15) is 10.6 Å². The number of likely N-dealkylation sites (N-methyl/N-ethyl adjacent to an activating group) is 1. The van der Waals surface area contributed by atoms with Gasteiger partial charge in [-0.3, -0.25) is 4.79 Å². The Kier molecular flexibility index (Phi) is 8.28. The molecule has 0 aliphatic carbocycles. The van der Waals surface area contributed by atoms with E-state index in [9.17, 15) is 13.2 Å². The molecule has 2 saturated heterocycles. The van der Waals surface area contributed by atoms with Crippen LogP contribution in [0.3, 0.4) is 0 Å². The average molecular weight is 541 g/mol. The van der Waals surface area contributed by atoms with Crippen molar-refractivity contribution in [3.05, 3.63) is 58.6 Å². The van der Waals surface area contributed by atoms with Gasteiger partial charge in [0.25, 0.3) is 0 Å². The number of piperazine rings is 1. The van der Waals surface area contributed by atoms with Crippen LogP contribution in [-0.4, -0.2) is 81.4 Å². The highest BCUT2D eigenvalue weighted by Crippen LogP contribution is 2.38. The molecule has 0 spiro atoms. The molecule has 0 aromatic heterocycles. The summed E-state index contributed by atoms with van der Waals surface area (Å²) in [6.45, 7) is 3.76. The predicted molar refractivity (Wildman–Crippen MR) is 138 cm³/mol. The van der Waals surface area contributed by atoms with Crippen LogP contribution in [0.15, 0.2) is 53.4 Å². The fraction of sp³-hybridized carbons (Fsp3) is 0.480. The molecule has 2 fully saturated rings. The molecule has 2 aromatic carbocycles. The number of benzene rings is 2. The SMILES string of the molecule is CN1CCN(C(=O)CC2(COc3ccccc3)CCCN(S(=O)(=O)c3cc(Cl)ccc3Cl)C2)CC1. The van der Waals surface area contributed by atoms with E-state index in [0.717, 1.165) is 13.1 Å². The monoisotopic (exact) mass is 539 g/mol. The van der Waals surface area contributed by atoms with Crippen LogP contribution in [-0.2, 0) is 14.8 Å². The molecule has 2 heterocycles. The minimum atomic E-state index is -3.91. The van der Waals surface area contributed by atoms with Gasteiger partial charge in [-0.05, 0) is 50.2 Å². The van der Waals surface area contributed by atoms with E-state index in [1.165, 1.54) is 16.4 Å². The molecule has 1 atom stereocenters. The van der Waals surface area contributed by atoms with Crippen LogP contribution in [0.4, 0.5) is 0 Å². The largest absolute Gasteiger partial charge is 0.493 e. The molecule has 7 nitrogen and oxygen atoms in total. The lowest BCUT2D eigenvalue weighted by atomic mass is 9.78. The molecule has 0 bridgehead atoms. The number of carbonyl (C=O) groups excluding carboxylic acids is 1. The van der Waals surface area contributed by atoms with Crippen molar-refractivity contribution < 1.29 is 17.9 Å². The number of halogens is 2. The Hall–Kier alpha value is -1.84. The van der Waals surface area contributed by atoms with Crippen LogP contribution in [0, 0.1) is 5.41 Å². The Morgan fingerprint density at radius 3 is 2.46 bits per heavy atom. The zero-order chi connectivity index (χ0) is 25.1. The van der Waals surface area contributed by atoms with E-state index in [0.29, 0.717) is 43.2 Å². The van der Waals surface area contributed by atoms with Crippen molar-refractivity contribution in [3.8, 4) is 5.75 Å². The third-order valence-corrected chi connectivity index (χ3v) is 9.37. The molecule has 2 aromatic rings. The predicted octanol–water partition coefficient (Wildman–Crippen LogP) is 4.01. The molecular formula is C25H31Cl2N3O4S. The minimum Gasteiger partial charge on any atom is -0.493 e. The maximum absolute atomic E-state index is 13.6. The molecule has 4 rings (SSSR count). The summed E-state index contributed by atoms with van der Waals surface area (Å²) in [5.74, 6) is 0.728. The van der Waals surface area contributed by atoms with Crippen molar-refractivity contribution in [2.75, 3.05) is 52.9 Å². The number of hydrogen-bond acceptors (Lipinski definition) is 5. The Labute approximate surface area is 217 Å². The molecule has 10 heteroatoms. The summed E-state index contributed by atoms with van der Waals surface area (Å²) >= 11 is 12.3. The number of piperidine rings is 1. The van der Waals surface area contributed by atoms with Crippen LogP contribution < -0.4 is 4.74 Å². The number of ether oxygens (including phenoxy) is 1. The van der Waals surface area contributed by atoms with Gasteiger partial charge < -0.3 is 14.5 Å². The van der Waals surface area contributed by atoms with Gasteiger partial charge in [-0.1, -0.05) is 41.4 Å². The lowest BCUT2D eigenvalue weighted by molar-refractivity contribution is -0.136. The summed E-state index contributed by atoms with van der Waals surface area (Å²) in [7, 11) is -1.86. The first kappa shape index (κ1) is 26.2.